The lowest BCUT2D eigenvalue weighted by Crippen LogP contribution is -2.36. The van der Waals surface area contributed by atoms with Crippen LogP contribution in [0.5, 0.6) is 0 Å². The van der Waals surface area contributed by atoms with E-state index in [4.69, 9.17) is 0 Å². The van der Waals surface area contributed by atoms with Gasteiger partial charge in [0, 0.05) is 17.8 Å². The molecule has 1 aromatic heterocycles. The Morgan fingerprint density at radius 3 is 3.18 bits per heavy atom. The fourth-order valence-corrected chi connectivity index (χ4v) is 1.68. The summed E-state index contributed by atoms with van der Waals surface area (Å²) >= 11 is 2.59. The zero-order valence-corrected chi connectivity index (χ0v) is 7.57. The van der Waals surface area contributed by atoms with Crippen LogP contribution in [-0.2, 0) is 6.54 Å². The zero-order chi connectivity index (χ0) is 7.84. The Morgan fingerprint density at radius 2 is 2.45 bits per heavy atom. The molecule has 1 aromatic rings. The van der Waals surface area contributed by atoms with Gasteiger partial charge < -0.3 is 9.88 Å². The number of nitrogens with zero attached hydrogens (tertiary/aromatic N) is 3. The molecule has 0 fully saturated rings. The third kappa shape index (κ3) is 1.10. The third-order valence-electron chi connectivity index (χ3n) is 1.98. The minimum Gasteiger partial charge on any atom is -0.330 e. The molecule has 5 heteroatoms. The van der Waals surface area contributed by atoms with Gasteiger partial charge in [0.2, 0.25) is 16.3 Å². The number of aromatic nitrogens is 3. The number of rotatable bonds is 0. The van der Waals surface area contributed by atoms with Crippen LogP contribution in [-0.4, -0.2) is 37.6 Å². The Labute approximate surface area is 73.4 Å². The molecule has 1 atom stereocenters. The van der Waals surface area contributed by atoms with Crippen molar-refractivity contribution in [3.8, 4) is 0 Å². The topological polar surface area (TPSA) is 42.7 Å². The summed E-state index contributed by atoms with van der Waals surface area (Å²) in [4.78, 5) is 0. The fourth-order valence-electron chi connectivity index (χ4n) is 1.36. The Bertz CT molecular complexity index is 270. The zero-order valence-electron chi connectivity index (χ0n) is 6.41. The number of hydrogen-bond donors (Lipinski definition) is 1. The fraction of sp³-hybridized carbons (Fsp3) is 0.667. The number of nitrogens with one attached hydrogen (secondary N) is 1. The lowest BCUT2D eigenvalue weighted by molar-refractivity contribution is 0.441. The first-order chi connectivity index (χ1) is 5.29. The predicted molar refractivity (Wildman–Crippen MR) is 41.8 cm³/mol. The van der Waals surface area contributed by atoms with E-state index in [1.54, 1.807) is 0 Å². The first-order valence-corrected chi connectivity index (χ1v) is 4.28. The molecule has 2 heterocycles. The van der Waals surface area contributed by atoms with Crippen LogP contribution in [0.3, 0.4) is 0 Å². The minimum atomic E-state index is 0.338. The van der Waals surface area contributed by atoms with Gasteiger partial charge in [-0.15, -0.1) is 5.10 Å². The highest BCUT2D eigenvalue weighted by atomic mass is 27.0. The molecule has 0 aromatic carbocycles. The van der Waals surface area contributed by atoms with Crippen molar-refractivity contribution in [2.24, 2.45) is 0 Å². The van der Waals surface area contributed by atoms with Gasteiger partial charge in [0.15, 0.2) is 0 Å². The van der Waals surface area contributed by atoms with Crippen LogP contribution < -0.4 is 10.0 Å². The van der Waals surface area contributed by atoms with Crippen molar-refractivity contribution >= 4 is 21.0 Å². The molecule has 56 valence electrons. The summed E-state index contributed by atoms with van der Waals surface area (Å²) in [6.07, 6.45) is 0. The molecule has 0 spiro atoms. The molecule has 4 nitrogen and oxygen atoms in total. The highest BCUT2D eigenvalue weighted by Gasteiger charge is 2.17. The standard InChI is InChI=1S/C6H9N4.Al/c1-5-6-9-8-4-10(6)3-2-7-5;/h5,7H,2-3H2,1H3;/t5-;/m1./s1. The Balaban J connectivity index is 2.46. The smallest absolute Gasteiger partial charge is 0.244 e. The lowest BCUT2D eigenvalue weighted by Gasteiger charge is -2.21. The van der Waals surface area contributed by atoms with Crippen LogP contribution in [0.25, 0.3) is 0 Å². The number of fused-ring (bicyclic) bond motifs is 1. The summed E-state index contributed by atoms with van der Waals surface area (Å²) in [6, 6.07) is 0.338. The van der Waals surface area contributed by atoms with E-state index in [0.717, 1.165) is 23.6 Å². The second-order valence-electron chi connectivity index (χ2n) is 2.74. The molecule has 0 aliphatic carbocycles. The van der Waals surface area contributed by atoms with E-state index in [1.165, 1.54) is 0 Å². The van der Waals surface area contributed by atoms with Crippen LogP contribution in [0, 0.1) is 0 Å². The van der Waals surface area contributed by atoms with Crippen LogP contribution in [0.1, 0.15) is 18.8 Å². The van der Waals surface area contributed by atoms with Crippen molar-refractivity contribution in [3.63, 3.8) is 0 Å². The molecule has 2 rings (SSSR count). The van der Waals surface area contributed by atoms with Crippen LogP contribution >= 0.6 is 0 Å². The minimum absolute atomic E-state index is 0.338. The third-order valence-corrected chi connectivity index (χ3v) is 2.41. The SMILES string of the molecule is C[C@H]1NCCn2[c]([Al])nnc21. The van der Waals surface area contributed by atoms with E-state index in [0.29, 0.717) is 6.04 Å². The highest BCUT2D eigenvalue weighted by Crippen LogP contribution is 2.10. The van der Waals surface area contributed by atoms with Gasteiger partial charge in [0.05, 0.1) is 6.04 Å². The summed E-state index contributed by atoms with van der Waals surface area (Å²) in [5.74, 6) is 1.04. The van der Waals surface area contributed by atoms with Crippen molar-refractivity contribution in [3.05, 3.63) is 5.82 Å². The Kier molecular flexibility index (Phi) is 1.72. The van der Waals surface area contributed by atoms with Crippen molar-refractivity contribution in [2.75, 3.05) is 6.54 Å². The maximum atomic E-state index is 4.07. The van der Waals surface area contributed by atoms with E-state index in [9.17, 15) is 0 Å². The largest absolute Gasteiger partial charge is 0.330 e. The van der Waals surface area contributed by atoms with Gasteiger partial charge in [-0.2, -0.15) is 5.10 Å². The van der Waals surface area contributed by atoms with E-state index < -0.39 is 0 Å². The summed E-state index contributed by atoms with van der Waals surface area (Å²) in [5.41, 5.74) is 0. The molecular formula is C6H9AlN4. The van der Waals surface area contributed by atoms with E-state index in [2.05, 4.69) is 43.3 Å². The van der Waals surface area contributed by atoms with Gasteiger partial charge >= 0.3 is 0 Å². The van der Waals surface area contributed by atoms with Crippen LogP contribution in [0.15, 0.2) is 0 Å². The molecule has 0 saturated carbocycles. The van der Waals surface area contributed by atoms with E-state index in [1.807, 2.05) is 0 Å². The summed E-state index contributed by atoms with van der Waals surface area (Å²) < 4.78 is 3.07. The van der Waals surface area contributed by atoms with Gasteiger partial charge in [0.1, 0.15) is 5.82 Å². The average Bonchev–Trinajstić information content (AvgIpc) is 2.35. The molecule has 0 unspecified atom stereocenters. The molecular weight excluding hydrogens is 155 g/mol. The molecule has 0 bridgehead atoms. The van der Waals surface area contributed by atoms with Gasteiger partial charge in [0.25, 0.3) is 0 Å². The maximum absolute atomic E-state index is 4.07. The summed E-state index contributed by atoms with van der Waals surface area (Å²) in [6.45, 7) is 4.09. The van der Waals surface area contributed by atoms with Crippen molar-refractivity contribution in [1.29, 1.82) is 0 Å². The molecule has 0 saturated heterocycles. The maximum Gasteiger partial charge on any atom is 0.244 e. The quantitative estimate of drug-likeness (QED) is 0.486. The second kappa shape index (κ2) is 2.59. The van der Waals surface area contributed by atoms with Gasteiger partial charge in [-0.25, -0.2) is 0 Å². The monoisotopic (exact) mass is 164 g/mol. The molecule has 1 aliphatic heterocycles. The van der Waals surface area contributed by atoms with Crippen molar-refractivity contribution in [2.45, 2.75) is 19.5 Å². The first-order valence-electron chi connectivity index (χ1n) is 3.71. The lowest BCUT2D eigenvalue weighted by atomic mass is 10.2. The van der Waals surface area contributed by atoms with Crippen molar-refractivity contribution < 1.29 is 0 Å². The Morgan fingerprint density at radius 1 is 1.64 bits per heavy atom. The predicted octanol–water partition coefficient (Wildman–Crippen LogP) is -1.26. The van der Waals surface area contributed by atoms with E-state index >= 15 is 0 Å². The molecule has 1 N–H and O–H groups in total. The van der Waals surface area contributed by atoms with Gasteiger partial charge in [-0.1, -0.05) is 0 Å². The van der Waals surface area contributed by atoms with E-state index in [-0.39, 0.29) is 0 Å². The van der Waals surface area contributed by atoms with Crippen LogP contribution in [0.4, 0.5) is 0 Å². The molecule has 2 radical (unpaired) electrons. The van der Waals surface area contributed by atoms with Gasteiger partial charge in [-0.05, 0) is 6.92 Å². The normalized spacial score (nSPS) is 23.2. The number of hydrogen-bond acceptors (Lipinski definition) is 3. The highest BCUT2D eigenvalue weighted by molar-refractivity contribution is 6.29. The molecule has 11 heavy (non-hydrogen) atoms. The van der Waals surface area contributed by atoms with Crippen LogP contribution in [0.2, 0.25) is 0 Å². The average molecular weight is 164 g/mol. The summed E-state index contributed by atoms with van der Waals surface area (Å²) in [7, 11) is 0. The molecule has 1 aliphatic rings. The van der Waals surface area contributed by atoms with Crippen molar-refractivity contribution in [1.82, 2.24) is 20.1 Å². The molecule has 0 amide bonds. The first kappa shape index (κ1) is 7.29. The Hall–Kier alpha value is -0.368. The second-order valence-corrected chi connectivity index (χ2v) is 3.26. The van der Waals surface area contributed by atoms with Gasteiger partial charge in [-0.3, -0.25) is 0 Å². The summed E-state index contributed by atoms with van der Waals surface area (Å²) in [5, 5.41) is 11.4.